The van der Waals surface area contributed by atoms with Crippen LogP contribution in [0.15, 0.2) is 24.3 Å². The quantitative estimate of drug-likeness (QED) is 0.730. The van der Waals surface area contributed by atoms with E-state index in [4.69, 9.17) is 10.4 Å². The van der Waals surface area contributed by atoms with E-state index in [2.05, 4.69) is 6.07 Å². The highest BCUT2D eigenvalue weighted by molar-refractivity contribution is 7.98. The van der Waals surface area contributed by atoms with Gasteiger partial charge < -0.3 is 5.11 Å². The van der Waals surface area contributed by atoms with Crippen molar-refractivity contribution in [1.29, 1.82) is 5.26 Å². The number of carboxylic acids is 1. The standard InChI is InChI=1S/C14H17NO2S/c15-10-12-5-7-13(8-6-12)11-18-9-3-1-2-4-14(16)17/h5-8H,1-4,9,11H2,(H,16,17). The third kappa shape index (κ3) is 6.31. The molecule has 0 unspecified atom stereocenters. The molecule has 0 spiro atoms. The zero-order chi connectivity index (χ0) is 13.2. The number of thioether (sulfide) groups is 1. The Morgan fingerprint density at radius 2 is 1.94 bits per heavy atom. The van der Waals surface area contributed by atoms with Crippen molar-refractivity contribution in [2.75, 3.05) is 5.75 Å². The highest BCUT2D eigenvalue weighted by Crippen LogP contribution is 2.15. The fourth-order valence-electron chi connectivity index (χ4n) is 1.52. The zero-order valence-electron chi connectivity index (χ0n) is 10.3. The van der Waals surface area contributed by atoms with E-state index in [-0.39, 0.29) is 6.42 Å². The summed E-state index contributed by atoms with van der Waals surface area (Å²) < 4.78 is 0. The van der Waals surface area contributed by atoms with Gasteiger partial charge >= 0.3 is 5.97 Å². The SMILES string of the molecule is N#Cc1ccc(CSCCCCCC(=O)O)cc1. The van der Waals surface area contributed by atoms with Crippen molar-refractivity contribution in [1.82, 2.24) is 0 Å². The number of hydrogen-bond donors (Lipinski definition) is 1. The van der Waals surface area contributed by atoms with Gasteiger partial charge in [0.15, 0.2) is 0 Å². The number of rotatable bonds is 8. The fourth-order valence-corrected chi connectivity index (χ4v) is 2.50. The highest BCUT2D eigenvalue weighted by atomic mass is 32.2. The summed E-state index contributed by atoms with van der Waals surface area (Å²) in [5.74, 6) is 1.30. The molecule has 1 N–H and O–H groups in total. The van der Waals surface area contributed by atoms with Gasteiger partial charge in [0.25, 0.3) is 0 Å². The molecular weight excluding hydrogens is 246 g/mol. The number of benzene rings is 1. The van der Waals surface area contributed by atoms with E-state index in [1.807, 2.05) is 36.0 Å². The van der Waals surface area contributed by atoms with E-state index in [0.717, 1.165) is 30.8 Å². The molecule has 0 aliphatic heterocycles. The monoisotopic (exact) mass is 263 g/mol. The van der Waals surface area contributed by atoms with Crippen LogP contribution < -0.4 is 0 Å². The van der Waals surface area contributed by atoms with Crippen LogP contribution in [0.1, 0.15) is 36.8 Å². The van der Waals surface area contributed by atoms with Crippen LogP contribution in [-0.2, 0) is 10.5 Å². The van der Waals surface area contributed by atoms with Crippen molar-refractivity contribution in [3.63, 3.8) is 0 Å². The van der Waals surface area contributed by atoms with Crippen molar-refractivity contribution in [3.8, 4) is 6.07 Å². The molecule has 18 heavy (non-hydrogen) atoms. The average molecular weight is 263 g/mol. The lowest BCUT2D eigenvalue weighted by Crippen LogP contribution is -1.94. The predicted molar refractivity (Wildman–Crippen MR) is 73.4 cm³/mol. The van der Waals surface area contributed by atoms with Crippen molar-refractivity contribution >= 4 is 17.7 Å². The van der Waals surface area contributed by atoms with Crippen LogP contribution in [0.2, 0.25) is 0 Å². The van der Waals surface area contributed by atoms with Crippen LogP contribution in [0.3, 0.4) is 0 Å². The second kappa shape index (κ2) is 8.60. The molecule has 0 aromatic heterocycles. The Hall–Kier alpha value is -1.47. The van der Waals surface area contributed by atoms with E-state index in [1.165, 1.54) is 5.56 Å². The molecule has 0 heterocycles. The molecule has 0 bridgehead atoms. The maximum Gasteiger partial charge on any atom is 0.303 e. The molecule has 0 aliphatic carbocycles. The van der Waals surface area contributed by atoms with Gasteiger partial charge in [-0.1, -0.05) is 18.6 Å². The van der Waals surface area contributed by atoms with Crippen LogP contribution in [-0.4, -0.2) is 16.8 Å². The van der Waals surface area contributed by atoms with Crippen molar-refractivity contribution in [2.24, 2.45) is 0 Å². The first-order valence-electron chi connectivity index (χ1n) is 6.01. The van der Waals surface area contributed by atoms with Gasteiger partial charge in [-0.2, -0.15) is 17.0 Å². The Bertz CT molecular complexity index is 409. The Kier molecular flexibility index (Phi) is 6.97. The normalized spacial score (nSPS) is 9.94. The molecule has 3 nitrogen and oxygen atoms in total. The number of hydrogen-bond acceptors (Lipinski definition) is 3. The first kappa shape index (κ1) is 14.6. The number of carboxylic acid groups (broad SMARTS) is 1. The van der Waals surface area contributed by atoms with Gasteiger partial charge in [-0.05, 0) is 36.3 Å². The number of nitrogens with zero attached hydrogens (tertiary/aromatic N) is 1. The molecule has 0 saturated heterocycles. The number of aliphatic carboxylic acids is 1. The van der Waals surface area contributed by atoms with Crippen molar-refractivity contribution in [3.05, 3.63) is 35.4 Å². The third-order valence-electron chi connectivity index (χ3n) is 2.53. The predicted octanol–water partition coefficient (Wildman–Crippen LogP) is 3.44. The van der Waals surface area contributed by atoms with Crippen LogP contribution >= 0.6 is 11.8 Å². The maximum atomic E-state index is 10.3. The lowest BCUT2D eigenvalue weighted by molar-refractivity contribution is -0.137. The lowest BCUT2D eigenvalue weighted by atomic mass is 10.2. The van der Waals surface area contributed by atoms with Crippen molar-refractivity contribution in [2.45, 2.75) is 31.4 Å². The van der Waals surface area contributed by atoms with Crippen molar-refractivity contribution < 1.29 is 9.90 Å². The third-order valence-corrected chi connectivity index (χ3v) is 3.65. The summed E-state index contributed by atoms with van der Waals surface area (Å²) in [7, 11) is 0. The molecule has 1 aromatic carbocycles. The molecule has 1 rings (SSSR count). The Morgan fingerprint density at radius 1 is 1.22 bits per heavy atom. The van der Waals surface area contributed by atoms with E-state index in [9.17, 15) is 4.79 Å². The summed E-state index contributed by atoms with van der Waals surface area (Å²) in [5.41, 5.74) is 1.92. The van der Waals surface area contributed by atoms with Crippen LogP contribution in [0.4, 0.5) is 0 Å². The minimum atomic E-state index is -0.708. The van der Waals surface area contributed by atoms with Gasteiger partial charge in [0.2, 0.25) is 0 Å². The summed E-state index contributed by atoms with van der Waals surface area (Å²) in [6.45, 7) is 0. The van der Waals surface area contributed by atoms with E-state index in [0.29, 0.717) is 5.56 Å². The molecule has 1 aromatic rings. The Balaban J connectivity index is 2.07. The molecule has 0 saturated carbocycles. The second-order valence-corrected chi connectivity index (χ2v) is 5.17. The fraction of sp³-hybridized carbons (Fsp3) is 0.429. The van der Waals surface area contributed by atoms with Gasteiger partial charge in [-0.25, -0.2) is 0 Å². The van der Waals surface area contributed by atoms with Gasteiger partial charge in [-0.3, -0.25) is 4.79 Å². The van der Waals surface area contributed by atoms with E-state index in [1.54, 1.807) is 0 Å². The largest absolute Gasteiger partial charge is 0.481 e. The Morgan fingerprint density at radius 3 is 2.56 bits per heavy atom. The topological polar surface area (TPSA) is 61.1 Å². The average Bonchev–Trinajstić information content (AvgIpc) is 2.38. The van der Waals surface area contributed by atoms with Crippen LogP contribution in [0, 0.1) is 11.3 Å². The van der Waals surface area contributed by atoms with E-state index >= 15 is 0 Å². The molecule has 0 radical (unpaired) electrons. The summed E-state index contributed by atoms with van der Waals surface area (Å²) in [6, 6.07) is 9.74. The molecular formula is C14H17NO2S. The molecule has 96 valence electrons. The van der Waals surface area contributed by atoms with Gasteiger partial charge in [0, 0.05) is 12.2 Å². The van der Waals surface area contributed by atoms with Gasteiger partial charge in [0.1, 0.15) is 0 Å². The number of nitriles is 1. The molecule has 0 aliphatic rings. The number of carbonyl (C=O) groups is 1. The molecule has 4 heteroatoms. The molecule has 0 atom stereocenters. The van der Waals surface area contributed by atoms with Crippen LogP contribution in [0.25, 0.3) is 0 Å². The summed E-state index contributed by atoms with van der Waals surface area (Å²) >= 11 is 1.85. The zero-order valence-corrected chi connectivity index (χ0v) is 11.1. The summed E-state index contributed by atoms with van der Waals surface area (Å²) in [5, 5.41) is 17.1. The molecule has 0 amide bonds. The first-order valence-corrected chi connectivity index (χ1v) is 7.16. The van der Waals surface area contributed by atoms with Gasteiger partial charge in [0.05, 0.1) is 11.6 Å². The maximum absolute atomic E-state index is 10.3. The number of unbranched alkanes of at least 4 members (excludes halogenated alkanes) is 2. The van der Waals surface area contributed by atoms with Gasteiger partial charge in [-0.15, -0.1) is 0 Å². The Labute approximate surface area is 112 Å². The minimum Gasteiger partial charge on any atom is -0.481 e. The summed E-state index contributed by atoms with van der Waals surface area (Å²) in [4.78, 5) is 10.3. The first-order chi connectivity index (χ1) is 8.72. The highest BCUT2D eigenvalue weighted by Gasteiger charge is 1.97. The van der Waals surface area contributed by atoms with E-state index < -0.39 is 5.97 Å². The molecule has 0 fully saturated rings. The smallest absolute Gasteiger partial charge is 0.303 e. The van der Waals surface area contributed by atoms with Crippen LogP contribution in [0.5, 0.6) is 0 Å². The second-order valence-electron chi connectivity index (χ2n) is 4.07. The lowest BCUT2D eigenvalue weighted by Gasteiger charge is -2.02. The summed E-state index contributed by atoms with van der Waals surface area (Å²) in [6.07, 6.45) is 3.09. The minimum absolute atomic E-state index is 0.278.